The lowest BCUT2D eigenvalue weighted by molar-refractivity contribution is 0.0847. The van der Waals surface area contributed by atoms with E-state index in [0.717, 1.165) is 16.9 Å². The van der Waals surface area contributed by atoms with Crippen molar-refractivity contribution in [2.75, 3.05) is 0 Å². The fraction of sp³-hybridized carbons (Fsp3) is 0.0526. The van der Waals surface area contributed by atoms with Gasteiger partial charge in [0.05, 0.1) is 14.8 Å². The fourth-order valence-corrected chi connectivity index (χ4v) is 4.93. The lowest BCUT2D eigenvalue weighted by Crippen LogP contribution is -2.41. The first-order chi connectivity index (χ1) is 14.3. The number of halogens is 2. The van der Waals surface area contributed by atoms with Crippen LogP contribution >= 0.6 is 34.5 Å². The van der Waals surface area contributed by atoms with Gasteiger partial charge in [0.15, 0.2) is 0 Å². The first-order valence-electron chi connectivity index (χ1n) is 8.45. The Bertz CT molecular complexity index is 1180. The number of carbonyl (C=O) groups is 2. The van der Waals surface area contributed by atoms with Gasteiger partial charge in [0, 0.05) is 12.1 Å². The predicted octanol–water partition coefficient (Wildman–Crippen LogP) is 3.61. The summed E-state index contributed by atoms with van der Waals surface area (Å²) < 4.78 is 28.1. The summed E-state index contributed by atoms with van der Waals surface area (Å²) in [5, 5.41) is 0. The minimum Gasteiger partial charge on any atom is -0.267 e. The van der Waals surface area contributed by atoms with Crippen LogP contribution in [0.25, 0.3) is 0 Å². The fourth-order valence-electron chi connectivity index (χ4n) is 2.41. The topological polar surface area (TPSA) is 104 Å². The molecule has 11 heteroatoms. The van der Waals surface area contributed by atoms with Crippen molar-refractivity contribution in [3.8, 4) is 0 Å². The molecule has 3 rings (SSSR count). The largest absolute Gasteiger partial charge is 0.272 e. The van der Waals surface area contributed by atoms with E-state index in [2.05, 4.69) is 15.6 Å². The van der Waals surface area contributed by atoms with Crippen LogP contribution in [0.3, 0.4) is 0 Å². The van der Waals surface area contributed by atoms with E-state index in [0.29, 0.717) is 4.34 Å². The van der Waals surface area contributed by atoms with Gasteiger partial charge in [-0.25, -0.2) is 13.1 Å². The maximum atomic E-state index is 12.5. The highest BCUT2D eigenvalue weighted by Gasteiger charge is 2.18. The lowest BCUT2D eigenvalue weighted by atomic mass is 10.2. The second-order valence-electron chi connectivity index (χ2n) is 5.98. The van der Waals surface area contributed by atoms with Gasteiger partial charge in [-0.3, -0.25) is 20.4 Å². The number of hydrogen-bond donors (Lipinski definition) is 3. The van der Waals surface area contributed by atoms with E-state index in [4.69, 9.17) is 23.2 Å². The van der Waals surface area contributed by atoms with E-state index in [1.807, 2.05) is 6.07 Å². The highest BCUT2D eigenvalue weighted by atomic mass is 35.5. The number of benzene rings is 2. The van der Waals surface area contributed by atoms with Crippen LogP contribution in [-0.4, -0.2) is 20.2 Å². The molecule has 0 radical (unpaired) electrons. The summed E-state index contributed by atoms with van der Waals surface area (Å²) >= 11 is 12.7. The van der Waals surface area contributed by atoms with Crippen molar-refractivity contribution < 1.29 is 18.0 Å². The standard InChI is InChI=1S/C19H15Cl2N3O4S2/c20-16-10-15(17(21)29-16)19(26)24-23-18(25)13-7-4-8-14(9-13)30(27,28)22-11-12-5-2-1-3-6-12/h1-10,22H,11H2,(H,23,25)(H,24,26). The highest BCUT2D eigenvalue weighted by molar-refractivity contribution is 7.89. The lowest BCUT2D eigenvalue weighted by Gasteiger charge is -2.10. The van der Waals surface area contributed by atoms with Crippen molar-refractivity contribution in [1.29, 1.82) is 0 Å². The van der Waals surface area contributed by atoms with Crippen molar-refractivity contribution in [2.45, 2.75) is 11.4 Å². The zero-order valence-corrected chi connectivity index (χ0v) is 18.3. The smallest absolute Gasteiger partial charge is 0.267 e. The maximum Gasteiger partial charge on any atom is 0.272 e. The number of thiophene rings is 1. The molecule has 1 aromatic heterocycles. The van der Waals surface area contributed by atoms with E-state index in [1.54, 1.807) is 24.3 Å². The van der Waals surface area contributed by atoms with E-state index < -0.39 is 21.8 Å². The molecule has 0 unspecified atom stereocenters. The molecule has 0 bridgehead atoms. The Morgan fingerprint density at radius 2 is 1.60 bits per heavy atom. The minimum atomic E-state index is -3.84. The molecule has 0 fully saturated rings. The van der Waals surface area contributed by atoms with Crippen LogP contribution in [0, 0.1) is 0 Å². The normalized spacial score (nSPS) is 11.1. The molecule has 3 aromatic rings. The van der Waals surface area contributed by atoms with E-state index >= 15 is 0 Å². The van der Waals surface area contributed by atoms with Crippen molar-refractivity contribution in [3.05, 3.63) is 86.0 Å². The number of sulfonamides is 1. The molecule has 2 amide bonds. The van der Waals surface area contributed by atoms with Gasteiger partial charge < -0.3 is 0 Å². The van der Waals surface area contributed by atoms with Crippen molar-refractivity contribution in [2.24, 2.45) is 0 Å². The molecule has 1 heterocycles. The van der Waals surface area contributed by atoms with Crippen molar-refractivity contribution in [3.63, 3.8) is 0 Å². The Hall–Kier alpha value is -2.43. The Labute approximate surface area is 187 Å². The van der Waals surface area contributed by atoms with Gasteiger partial charge in [0.25, 0.3) is 11.8 Å². The molecule has 0 spiro atoms. The number of rotatable bonds is 6. The van der Waals surface area contributed by atoms with Gasteiger partial charge in [0.1, 0.15) is 4.34 Å². The Morgan fingerprint density at radius 1 is 0.900 bits per heavy atom. The second kappa shape index (κ2) is 9.59. The third-order valence-corrected chi connectivity index (χ3v) is 6.79. The number of hydrazine groups is 1. The molecule has 3 N–H and O–H groups in total. The molecule has 7 nitrogen and oxygen atoms in total. The van der Waals surface area contributed by atoms with Crippen LogP contribution in [0.15, 0.2) is 65.6 Å². The summed E-state index contributed by atoms with van der Waals surface area (Å²) in [7, 11) is -3.84. The van der Waals surface area contributed by atoms with Crippen LogP contribution in [0.1, 0.15) is 26.3 Å². The monoisotopic (exact) mass is 483 g/mol. The quantitative estimate of drug-likeness (QED) is 0.465. The molecule has 0 aliphatic rings. The molecule has 30 heavy (non-hydrogen) atoms. The van der Waals surface area contributed by atoms with Crippen molar-refractivity contribution >= 4 is 56.4 Å². The van der Waals surface area contributed by atoms with Crippen LogP contribution in [0.5, 0.6) is 0 Å². The number of nitrogens with one attached hydrogen (secondary N) is 3. The van der Waals surface area contributed by atoms with Crippen LogP contribution in [0.4, 0.5) is 0 Å². The summed E-state index contributed by atoms with van der Waals surface area (Å²) in [6, 6.07) is 15.8. The molecule has 0 saturated heterocycles. The van der Waals surface area contributed by atoms with Crippen molar-refractivity contribution in [1.82, 2.24) is 15.6 Å². The molecule has 0 saturated carbocycles. The van der Waals surface area contributed by atoms with E-state index in [1.165, 1.54) is 30.3 Å². The molecule has 156 valence electrons. The average molecular weight is 484 g/mol. The third kappa shape index (κ3) is 5.59. The summed E-state index contributed by atoms with van der Waals surface area (Å²) in [5.74, 6) is -1.34. The summed E-state index contributed by atoms with van der Waals surface area (Å²) in [6.45, 7) is 0.111. The molecule has 2 aromatic carbocycles. The summed E-state index contributed by atoms with van der Waals surface area (Å²) in [6.07, 6.45) is 0. The highest BCUT2D eigenvalue weighted by Crippen LogP contribution is 2.30. The summed E-state index contributed by atoms with van der Waals surface area (Å²) in [5.41, 5.74) is 5.40. The number of amides is 2. The number of hydrogen-bond acceptors (Lipinski definition) is 5. The van der Waals surface area contributed by atoms with Crippen LogP contribution < -0.4 is 15.6 Å². The van der Waals surface area contributed by atoms with E-state index in [-0.39, 0.29) is 26.9 Å². The molecule has 0 atom stereocenters. The summed E-state index contributed by atoms with van der Waals surface area (Å²) in [4.78, 5) is 24.3. The second-order valence-corrected chi connectivity index (χ2v) is 10.0. The first kappa shape index (κ1) is 22.3. The van der Waals surface area contributed by atoms with Crippen LogP contribution in [-0.2, 0) is 16.6 Å². The third-order valence-electron chi connectivity index (χ3n) is 3.91. The first-order valence-corrected chi connectivity index (χ1v) is 11.5. The van der Waals surface area contributed by atoms with E-state index in [9.17, 15) is 18.0 Å². The minimum absolute atomic E-state index is 0.0485. The zero-order valence-electron chi connectivity index (χ0n) is 15.2. The Kier molecular flexibility index (Phi) is 7.11. The van der Waals surface area contributed by atoms with Gasteiger partial charge in [-0.1, -0.05) is 59.6 Å². The molecule has 0 aliphatic carbocycles. The maximum absolute atomic E-state index is 12.5. The van der Waals surface area contributed by atoms with Gasteiger partial charge in [0.2, 0.25) is 10.0 Å². The molecular weight excluding hydrogens is 469 g/mol. The molecule has 0 aliphatic heterocycles. The van der Waals surface area contributed by atoms with Gasteiger partial charge >= 0.3 is 0 Å². The Balaban J connectivity index is 1.65. The van der Waals surface area contributed by atoms with Crippen LogP contribution in [0.2, 0.25) is 8.67 Å². The predicted molar refractivity (Wildman–Crippen MR) is 116 cm³/mol. The van der Waals surface area contributed by atoms with Gasteiger partial charge in [-0.2, -0.15) is 0 Å². The van der Waals surface area contributed by atoms with Gasteiger partial charge in [-0.15, -0.1) is 11.3 Å². The molecular formula is C19H15Cl2N3O4S2. The zero-order chi connectivity index (χ0) is 21.7. The van der Waals surface area contributed by atoms with Gasteiger partial charge in [-0.05, 0) is 29.8 Å². The number of carbonyl (C=O) groups excluding carboxylic acids is 2. The Morgan fingerprint density at radius 3 is 2.27 bits per heavy atom. The average Bonchev–Trinajstić information content (AvgIpc) is 3.09. The SMILES string of the molecule is O=C(NNC(=O)c1cc(Cl)sc1Cl)c1cccc(S(=O)(=O)NCc2ccccc2)c1.